The van der Waals surface area contributed by atoms with Gasteiger partial charge in [0, 0.05) is 26.2 Å². The highest BCUT2D eigenvalue weighted by atomic mass is 15.0. The standard InChI is InChI=1S/C12H26N4/c1-3-5-13-7-9-15-11-12-16-10-8-14-6-4-2/h5-6,15-16H,3-4,7-12H2,1-2H3. The van der Waals surface area contributed by atoms with E-state index in [1.54, 1.807) is 0 Å². The van der Waals surface area contributed by atoms with Crippen molar-refractivity contribution < 1.29 is 0 Å². The molecule has 0 saturated carbocycles. The molecule has 0 aliphatic heterocycles. The molecule has 0 aromatic carbocycles. The zero-order valence-corrected chi connectivity index (χ0v) is 10.7. The minimum atomic E-state index is 0.884. The lowest BCUT2D eigenvalue weighted by Crippen LogP contribution is -2.30. The Morgan fingerprint density at radius 2 is 1.19 bits per heavy atom. The number of hydrogen-bond donors (Lipinski definition) is 2. The van der Waals surface area contributed by atoms with Crippen LogP contribution in [0.4, 0.5) is 0 Å². The predicted molar refractivity (Wildman–Crippen MR) is 73.0 cm³/mol. The van der Waals surface area contributed by atoms with Gasteiger partial charge in [0.05, 0.1) is 13.1 Å². The summed E-state index contributed by atoms with van der Waals surface area (Å²) in [6.45, 7) is 9.89. The lowest BCUT2D eigenvalue weighted by Gasteiger charge is -2.03. The fourth-order valence-corrected chi connectivity index (χ4v) is 1.15. The molecule has 0 atom stereocenters. The number of rotatable bonds is 11. The van der Waals surface area contributed by atoms with E-state index >= 15 is 0 Å². The van der Waals surface area contributed by atoms with Crippen LogP contribution in [-0.2, 0) is 0 Å². The summed E-state index contributed by atoms with van der Waals surface area (Å²) >= 11 is 0. The Hall–Kier alpha value is -0.740. The van der Waals surface area contributed by atoms with Crippen LogP contribution in [0.3, 0.4) is 0 Å². The van der Waals surface area contributed by atoms with Crippen molar-refractivity contribution in [2.75, 3.05) is 39.3 Å². The molecule has 0 fully saturated rings. The van der Waals surface area contributed by atoms with E-state index in [1.165, 1.54) is 0 Å². The first-order chi connectivity index (χ1) is 7.91. The van der Waals surface area contributed by atoms with Gasteiger partial charge in [0.2, 0.25) is 0 Å². The molecule has 0 aromatic rings. The normalized spacial score (nSPS) is 11.9. The van der Waals surface area contributed by atoms with E-state index in [-0.39, 0.29) is 0 Å². The predicted octanol–water partition coefficient (Wildman–Crippen LogP) is 1.13. The van der Waals surface area contributed by atoms with Crippen LogP contribution in [0.25, 0.3) is 0 Å². The van der Waals surface area contributed by atoms with Crippen LogP contribution in [0.15, 0.2) is 9.98 Å². The quantitative estimate of drug-likeness (QED) is 0.410. The Morgan fingerprint density at radius 3 is 1.56 bits per heavy atom. The van der Waals surface area contributed by atoms with Gasteiger partial charge in [-0.2, -0.15) is 0 Å². The lowest BCUT2D eigenvalue weighted by molar-refractivity contribution is 0.619. The fourth-order valence-electron chi connectivity index (χ4n) is 1.15. The molecule has 0 aliphatic carbocycles. The zero-order valence-electron chi connectivity index (χ0n) is 10.7. The molecule has 0 aromatic heterocycles. The average Bonchev–Trinajstić information content (AvgIpc) is 2.31. The molecular weight excluding hydrogens is 200 g/mol. The molecule has 16 heavy (non-hydrogen) atoms. The van der Waals surface area contributed by atoms with E-state index in [9.17, 15) is 0 Å². The molecule has 0 amide bonds. The topological polar surface area (TPSA) is 48.8 Å². The van der Waals surface area contributed by atoms with Gasteiger partial charge in [-0.25, -0.2) is 0 Å². The maximum Gasteiger partial charge on any atom is 0.0510 e. The largest absolute Gasteiger partial charge is 0.314 e. The second-order valence-corrected chi connectivity index (χ2v) is 3.49. The molecule has 0 heterocycles. The first-order valence-corrected chi connectivity index (χ1v) is 6.29. The van der Waals surface area contributed by atoms with Gasteiger partial charge < -0.3 is 10.6 Å². The highest BCUT2D eigenvalue weighted by Gasteiger charge is 1.86. The summed E-state index contributed by atoms with van der Waals surface area (Å²) in [7, 11) is 0. The zero-order chi connectivity index (χ0) is 11.9. The molecule has 0 saturated heterocycles. The molecule has 0 radical (unpaired) electrons. The van der Waals surface area contributed by atoms with Crippen molar-refractivity contribution in [2.45, 2.75) is 26.7 Å². The first-order valence-electron chi connectivity index (χ1n) is 6.29. The van der Waals surface area contributed by atoms with Crippen molar-refractivity contribution in [3.63, 3.8) is 0 Å². The molecule has 94 valence electrons. The Morgan fingerprint density at radius 1 is 0.750 bits per heavy atom. The van der Waals surface area contributed by atoms with Crippen molar-refractivity contribution in [1.82, 2.24) is 10.6 Å². The third kappa shape index (κ3) is 13.3. The van der Waals surface area contributed by atoms with Crippen LogP contribution in [-0.4, -0.2) is 51.7 Å². The van der Waals surface area contributed by atoms with Crippen molar-refractivity contribution in [3.8, 4) is 0 Å². The SMILES string of the molecule is CCC=NCCNCCNCCN=CCC. The van der Waals surface area contributed by atoms with E-state index in [2.05, 4.69) is 34.5 Å². The number of hydrogen-bond acceptors (Lipinski definition) is 4. The van der Waals surface area contributed by atoms with E-state index in [4.69, 9.17) is 0 Å². The molecular formula is C12H26N4. The highest BCUT2D eigenvalue weighted by Crippen LogP contribution is 1.72. The van der Waals surface area contributed by atoms with Gasteiger partial charge in [0.25, 0.3) is 0 Å². The fraction of sp³-hybridized carbons (Fsp3) is 0.833. The summed E-state index contributed by atoms with van der Waals surface area (Å²) in [5.41, 5.74) is 0. The highest BCUT2D eigenvalue weighted by molar-refractivity contribution is 5.56. The van der Waals surface area contributed by atoms with E-state index in [0.717, 1.165) is 52.1 Å². The summed E-state index contributed by atoms with van der Waals surface area (Å²) in [5, 5.41) is 6.66. The molecule has 4 heteroatoms. The first kappa shape index (κ1) is 15.3. The summed E-state index contributed by atoms with van der Waals surface area (Å²) in [6.07, 6.45) is 5.98. The van der Waals surface area contributed by atoms with Gasteiger partial charge in [0.1, 0.15) is 0 Å². The molecule has 0 rings (SSSR count). The van der Waals surface area contributed by atoms with E-state index in [1.807, 2.05) is 12.4 Å². The Kier molecular flexibility index (Phi) is 13.6. The van der Waals surface area contributed by atoms with Gasteiger partial charge in [-0.15, -0.1) is 0 Å². The van der Waals surface area contributed by atoms with Crippen LogP contribution >= 0.6 is 0 Å². The summed E-state index contributed by atoms with van der Waals surface area (Å²) in [6, 6.07) is 0. The van der Waals surface area contributed by atoms with Gasteiger partial charge in [-0.05, 0) is 25.3 Å². The lowest BCUT2D eigenvalue weighted by atomic mass is 10.5. The van der Waals surface area contributed by atoms with Crippen LogP contribution in [0.1, 0.15) is 26.7 Å². The second-order valence-electron chi connectivity index (χ2n) is 3.49. The Balaban J connectivity index is 2.98. The van der Waals surface area contributed by atoms with Crippen molar-refractivity contribution in [2.24, 2.45) is 9.98 Å². The minimum absolute atomic E-state index is 0.884. The van der Waals surface area contributed by atoms with Crippen LogP contribution in [0.2, 0.25) is 0 Å². The average molecular weight is 226 g/mol. The van der Waals surface area contributed by atoms with E-state index in [0.29, 0.717) is 0 Å². The van der Waals surface area contributed by atoms with Crippen LogP contribution < -0.4 is 10.6 Å². The second kappa shape index (κ2) is 14.3. The maximum absolute atomic E-state index is 4.23. The van der Waals surface area contributed by atoms with Crippen LogP contribution in [0.5, 0.6) is 0 Å². The minimum Gasteiger partial charge on any atom is -0.314 e. The monoisotopic (exact) mass is 226 g/mol. The Labute approximate surface area is 99.6 Å². The van der Waals surface area contributed by atoms with Gasteiger partial charge in [0.15, 0.2) is 0 Å². The summed E-state index contributed by atoms with van der Waals surface area (Å²) in [4.78, 5) is 8.46. The molecule has 0 aliphatic rings. The Bertz CT molecular complexity index is 158. The van der Waals surface area contributed by atoms with Crippen molar-refractivity contribution >= 4 is 12.4 Å². The number of nitrogens with one attached hydrogen (secondary N) is 2. The molecule has 0 unspecified atom stereocenters. The van der Waals surface area contributed by atoms with Gasteiger partial charge >= 0.3 is 0 Å². The van der Waals surface area contributed by atoms with E-state index < -0.39 is 0 Å². The molecule has 0 spiro atoms. The third-order valence-electron chi connectivity index (χ3n) is 1.94. The number of nitrogens with zero attached hydrogens (tertiary/aromatic N) is 2. The third-order valence-corrected chi connectivity index (χ3v) is 1.94. The maximum atomic E-state index is 4.23. The van der Waals surface area contributed by atoms with Crippen molar-refractivity contribution in [1.29, 1.82) is 0 Å². The molecule has 2 N–H and O–H groups in total. The smallest absolute Gasteiger partial charge is 0.0510 e. The number of aliphatic imine (C=N–C) groups is 2. The van der Waals surface area contributed by atoms with Gasteiger partial charge in [-0.1, -0.05) is 13.8 Å². The molecule has 4 nitrogen and oxygen atoms in total. The van der Waals surface area contributed by atoms with Gasteiger partial charge in [-0.3, -0.25) is 9.98 Å². The van der Waals surface area contributed by atoms with Crippen LogP contribution in [0, 0.1) is 0 Å². The molecule has 0 bridgehead atoms. The summed E-state index contributed by atoms with van der Waals surface area (Å²) < 4.78 is 0. The van der Waals surface area contributed by atoms with Crippen molar-refractivity contribution in [3.05, 3.63) is 0 Å². The summed E-state index contributed by atoms with van der Waals surface area (Å²) in [5.74, 6) is 0.